The maximum atomic E-state index is 12.7. The van der Waals surface area contributed by atoms with Crippen LogP contribution in [-0.2, 0) is 6.61 Å². The maximum Gasteiger partial charge on any atom is 0.251 e. The van der Waals surface area contributed by atoms with Crippen molar-refractivity contribution in [2.24, 2.45) is 0 Å². The van der Waals surface area contributed by atoms with Crippen LogP contribution in [-0.4, -0.2) is 29.1 Å². The Morgan fingerprint density at radius 2 is 1.82 bits per heavy atom. The van der Waals surface area contributed by atoms with Crippen molar-refractivity contribution in [2.45, 2.75) is 19.6 Å². The van der Waals surface area contributed by atoms with E-state index in [2.05, 4.69) is 10.3 Å². The zero-order valence-corrected chi connectivity index (χ0v) is 18.4. The van der Waals surface area contributed by atoms with Gasteiger partial charge in [-0.2, -0.15) is 0 Å². The maximum absolute atomic E-state index is 12.7. The van der Waals surface area contributed by atoms with Crippen LogP contribution in [0.5, 0.6) is 11.5 Å². The fraction of sp³-hybridized carbons (Fsp3) is 0.185. The number of amides is 1. The molecule has 168 valence electrons. The van der Waals surface area contributed by atoms with E-state index in [0.29, 0.717) is 30.3 Å². The van der Waals surface area contributed by atoms with Crippen molar-refractivity contribution in [3.63, 3.8) is 0 Å². The fourth-order valence-corrected chi connectivity index (χ4v) is 3.51. The first kappa shape index (κ1) is 22.3. The summed E-state index contributed by atoms with van der Waals surface area (Å²) in [7, 11) is 0. The summed E-state index contributed by atoms with van der Waals surface area (Å²) in [6.07, 6.45) is 2.63. The van der Waals surface area contributed by atoms with Gasteiger partial charge >= 0.3 is 0 Å². The molecule has 1 heterocycles. The van der Waals surface area contributed by atoms with E-state index in [-0.39, 0.29) is 12.5 Å². The number of hydrogen-bond donors (Lipinski definition) is 2. The Balaban J connectivity index is 1.40. The number of hydrogen-bond acceptors (Lipinski definition) is 5. The van der Waals surface area contributed by atoms with Gasteiger partial charge in [0.15, 0.2) is 11.5 Å². The van der Waals surface area contributed by atoms with Gasteiger partial charge in [0.2, 0.25) is 0 Å². The molecule has 6 heteroatoms. The molecule has 0 spiro atoms. The molecule has 0 bridgehead atoms. The summed E-state index contributed by atoms with van der Waals surface area (Å²) < 4.78 is 11.5. The predicted molar refractivity (Wildman–Crippen MR) is 127 cm³/mol. The number of nitrogens with zero attached hydrogens (tertiary/aromatic N) is 1. The number of pyridine rings is 1. The van der Waals surface area contributed by atoms with Crippen molar-refractivity contribution < 1.29 is 19.4 Å². The first-order valence-electron chi connectivity index (χ1n) is 10.9. The van der Waals surface area contributed by atoms with E-state index in [1.807, 2.05) is 61.5 Å². The minimum absolute atomic E-state index is 0.0976. The standard InChI is InChI=1S/C27H26N2O4/c1-2-32-26-15-23(11-12-25(26)33-18-19-6-5-13-28-16-19)27(31)29-17-24(30)22-10-9-20-7-3-4-8-21(20)14-22/h3-16,24,30H,2,17-18H2,1H3,(H,29,31). The van der Waals surface area contributed by atoms with Crippen molar-refractivity contribution in [1.29, 1.82) is 0 Å². The molecule has 0 aliphatic carbocycles. The summed E-state index contributed by atoms with van der Waals surface area (Å²) in [5.74, 6) is 0.743. The Morgan fingerprint density at radius 1 is 0.970 bits per heavy atom. The molecule has 0 radical (unpaired) electrons. The van der Waals surface area contributed by atoms with E-state index in [1.165, 1.54) is 0 Å². The van der Waals surface area contributed by atoms with Gasteiger partial charge in [-0.3, -0.25) is 9.78 Å². The van der Waals surface area contributed by atoms with Crippen molar-refractivity contribution in [3.8, 4) is 11.5 Å². The fourth-order valence-electron chi connectivity index (χ4n) is 3.51. The number of fused-ring (bicyclic) bond motifs is 1. The van der Waals surface area contributed by atoms with E-state index in [4.69, 9.17) is 9.47 Å². The second-order valence-corrected chi connectivity index (χ2v) is 7.58. The monoisotopic (exact) mass is 442 g/mol. The summed E-state index contributed by atoms with van der Waals surface area (Å²) in [5, 5.41) is 15.5. The van der Waals surface area contributed by atoms with Crippen LogP contribution in [0.1, 0.15) is 34.5 Å². The molecule has 0 fully saturated rings. The molecule has 6 nitrogen and oxygen atoms in total. The highest BCUT2D eigenvalue weighted by molar-refractivity contribution is 5.95. The van der Waals surface area contributed by atoms with Crippen molar-refractivity contribution in [1.82, 2.24) is 10.3 Å². The molecule has 0 saturated carbocycles. The number of ether oxygens (including phenoxy) is 2. The SMILES string of the molecule is CCOc1cc(C(=O)NCC(O)c2ccc3ccccc3c2)ccc1OCc1cccnc1. The normalized spacial score (nSPS) is 11.7. The smallest absolute Gasteiger partial charge is 0.251 e. The molecule has 0 saturated heterocycles. The molecule has 3 aromatic carbocycles. The van der Waals surface area contributed by atoms with Crippen LogP contribution >= 0.6 is 0 Å². The Kier molecular flexibility index (Phi) is 7.17. The molecule has 4 aromatic rings. The average Bonchev–Trinajstić information content (AvgIpc) is 2.86. The lowest BCUT2D eigenvalue weighted by Crippen LogP contribution is -2.28. The summed E-state index contributed by atoms with van der Waals surface area (Å²) in [5.41, 5.74) is 2.12. The van der Waals surface area contributed by atoms with Gasteiger partial charge < -0.3 is 19.9 Å². The number of aromatic nitrogens is 1. The van der Waals surface area contributed by atoms with E-state index in [1.54, 1.807) is 30.6 Å². The number of nitrogens with one attached hydrogen (secondary N) is 1. The van der Waals surface area contributed by atoms with Crippen LogP contribution in [0.25, 0.3) is 10.8 Å². The van der Waals surface area contributed by atoms with Crippen LogP contribution < -0.4 is 14.8 Å². The number of aliphatic hydroxyl groups excluding tert-OH is 1. The Labute approximate surface area is 192 Å². The molecule has 1 unspecified atom stereocenters. The van der Waals surface area contributed by atoms with Gasteiger partial charge in [-0.05, 0) is 53.6 Å². The summed E-state index contributed by atoms with van der Waals surface area (Å²) in [6.45, 7) is 2.75. The summed E-state index contributed by atoms with van der Waals surface area (Å²) in [6, 6.07) is 22.6. The quantitative estimate of drug-likeness (QED) is 0.394. The van der Waals surface area contributed by atoms with E-state index in [9.17, 15) is 9.90 Å². The number of carbonyl (C=O) groups excluding carboxylic acids is 1. The first-order chi connectivity index (χ1) is 16.1. The van der Waals surface area contributed by atoms with Crippen LogP contribution in [0.2, 0.25) is 0 Å². The molecule has 0 aliphatic rings. The molecule has 0 aliphatic heterocycles. The molecule has 4 rings (SSSR count). The number of aliphatic hydroxyl groups is 1. The second-order valence-electron chi connectivity index (χ2n) is 7.58. The van der Waals surface area contributed by atoms with Gasteiger partial charge in [-0.25, -0.2) is 0 Å². The molecule has 33 heavy (non-hydrogen) atoms. The summed E-state index contributed by atoms with van der Waals surface area (Å²) in [4.78, 5) is 16.8. The summed E-state index contributed by atoms with van der Waals surface area (Å²) >= 11 is 0. The van der Waals surface area contributed by atoms with Gasteiger partial charge in [0.05, 0.1) is 12.7 Å². The third kappa shape index (κ3) is 5.67. The van der Waals surface area contributed by atoms with Crippen molar-refractivity contribution in [2.75, 3.05) is 13.2 Å². The number of carbonyl (C=O) groups is 1. The van der Waals surface area contributed by atoms with Crippen LogP contribution in [0, 0.1) is 0 Å². The van der Waals surface area contributed by atoms with Gasteiger partial charge in [0.25, 0.3) is 5.91 Å². The van der Waals surface area contributed by atoms with Gasteiger partial charge in [0, 0.05) is 30.1 Å². The predicted octanol–water partition coefficient (Wildman–Crippen LogP) is 4.68. The Bertz CT molecular complexity index is 1230. The molecule has 2 N–H and O–H groups in total. The highest BCUT2D eigenvalue weighted by atomic mass is 16.5. The van der Waals surface area contributed by atoms with Crippen LogP contribution in [0.15, 0.2) is 85.2 Å². The van der Waals surface area contributed by atoms with Crippen molar-refractivity contribution >= 4 is 16.7 Å². The lowest BCUT2D eigenvalue weighted by atomic mass is 10.0. The van der Waals surface area contributed by atoms with Gasteiger partial charge in [-0.15, -0.1) is 0 Å². The molecule has 1 aromatic heterocycles. The van der Waals surface area contributed by atoms with E-state index in [0.717, 1.165) is 21.9 Å². The highest BCUT2D eigenvalue weighted by Gasteiger charge is 2.14. The number of benzene rings is 3. The van der Waals surface area contributed by atoms with Crippen LogP contribution in [0.3, 0.4) is 0 Å². The average molecular weight is 443 g/mol. The largest absolute Gasteiger partial charge is 0.490 e. The van der Waals surface area contributed by atoms with Gasteiger partial charge in [-0.1, -0.05) is 42.5 Å². The second kappa shape index (κ2) is 10.6. The van der Waals surface area contributed by atoms with Crippen LogP contribution in [0.4, 0.5) is 0 Å². The van der Waals surface area contributed by atoms with Gasteiger partial charge in [0.1, 0.15) is 6.61 Å². The molecule has 1 amide bonds. The number of rotatable bonds is 9. The minimum Gasteiger partial charge on any atom is -0.490 e. The van der Waals surface area contributed by atoms with E-state index < -0.39 is 6.10 Å². The third-order valence-corrected chi connectivity index (χ3v) is 5.24. The highest BCUT2D eigenvalue weighted by Crippen LogP contribution is 2.29. The lowest BCUT2D eigenvalue weighted by molar-refractivity contribution is 0.0916. The lowest BCUT2D eigenvalue weighted by Gasteiger charge is -2.15. The Morgan fingerprint density at radius 3 is 2.61 bits per heavy atom. The topological polar surface area (TPSA) is 80.7 Å². The minimum atomic E-state index is -0.813. The zero-order chi connectivity index (χ0) is 23.0. The molecular formula is C27H26N2O4. The van der Waals surface area contributed by atoms with E-state index >= 15 is 0 Å². The molecular weight excluding hydrogens is 416 g/mol. The zero-order valence-electron chi connectivity index (χ0n) is 18.4. The third-order valence-electron chi connectivity index (χ3n) is 5.24. The van der Waals surface area contributed by atoms with Crippen molar-refractivity contribution in [3.05, 3.63) is 102 Å². The molecule has 1 atom stereocenters. The Hall–Kier alpha value is -3.90. The first-order valence-corrected chi connectivity index (χ1v) is 10.9.